The van der Waals surface area contributed by atoms with Crippen LogP contribution in [-0.2, 0) is 12.8 Å². The van der Waals surface area contributed by atoms with Crippen LogP contribution < -0.4 is 5.32 Å². The number of amides is 1. The number of hydrogen-bond donors (Lipinski definition) is 2. The number of hydrogen-bond acceptors (Lipinski definition) is 4. The molecule has 2 heterocycles. The molecule has 0 aromatic carbocycles. The van der Waals surface area contributed by atoms with Gasteiger partial charge in [0.1, 0.15) is 5.00 Å². The number of furan rings is 1. The molecule has 0 fully saturated rings. The zero-order valence-corrected chi connectivity index (χ0v) is 12.4. The van der Waals surface area contributed by atoms with Crippen LogP contribution in [0.2, 0.25) is 0 Å². The molecular weight excluding hydrogens is 290 g/mol. The molecule has 2 N–H and O–H groups in total. The minimum Gasteiger partial charge on any atom is -0.478 e. The third-order valence-electron chi connectivity index (χ3n) is 3.68. The summed E-state index contributed by atoms with van der Waals surface area (Å²) in [4.78, 5) is 24.8. The predicted octanol–water partition coefficient (Wildman–Crippen LogP) is 3.48. The highest BCUT2D eigenvalue weighted by Gasteiger charge is 2.26. The van der Waals surface area contributed by atoms with Crippen molar-refractivity contribution >= 4 is 28.2 Å². The van der Waals surface area contributed by atoms with Gasteiger partial charge in [-0.3, -0.25) is 4.79 Å². The number of anilines is 1. The summed E-state index contributed by atoms with van der Waals surface area (Å²) in [6.45, 7) is 1.77. The van der Waals surface area contributed by atoms with Crippen LogP contribution in [0.15, 0.2) is 16.7 Å². The second kappa shape index (κ2) is 5.37. The quantitative estimate of drug-likeness (QED) is 0.910. The number of aryl methyl sites for hydroxylation is 2. The fourth-order valence-electron chi connectivity index (χ4n) is 2.65. The summed E-state index contributed by atoms with van der Waals surface area (Å²) >= 11 is 1.37. The lowest BCUT2D eigenvalue weighted by Crippen LogP contribution is -2.14. The molecule has 0 saturated heterocycles. The Bertz CT molecular complexity index is 713. The van der Waals surface area contributed by atoms with Gasteiger partial charge in [-0.15, -0.1) is 11.3 Å². The maximum absolute atomic E-state index is 12.2. The van der Waals surface area contributed by atoms with Gasteiger partial charge in [-0.1, -0.05) is 0 Å². The summed E-state index contributed by atoms with van der Waals surface area (Å²) in [7, 11) is 0. The topological polar surface area (TPSA) is 79.5 Å². The number of carboxylic acid groups (broad SMARTS) is 1. The largest absolute Gasteiger partial charge is 0.478 e. The summed E-state index contributed by atoms with van der Waals surface area (Å²) in [6, 6.07) is 1.70. The lowest BCUT2D eigenvalue weighted by atomic mass is 9.95. The molecule has 0 saturated carbocycles. The van der Waals surface area contributed by atoms with Gasteiger partial charge in [-0.2, -0.15) is 0 Å². The molecule has 1 aliphatic carbocycles. The second-order valence-electron chi connectivity index (χ2n) is 5.11. The van der Waals surface area contributed by atoms with E-state index in [9.17, 15) is 14.7 Å². The Morgan fingerprint density at radius 1 is 1.33 bits per heavy atom. The summed E-state index contributed by atoms with van der Waals surface area (Å²) in [6.07, 6.45) is 5.16. The number of carboxylic acids is 1. The van der Waals surface area contributed by atoms with Crippen molar-refractivity contribution < 1.29 is 19.1 Å². The second-order valence-corrected chi connectivity index (χ2v) is 6.21. The van der Waals surface area contributed by atoms with Gasteiger partial charge in [0.2, 0.25) is 0 Å². The first-order chi connectivity index (χ1) is 10.1. The van der Waals surface area contributed by atoms with Gasteiger partial charge in [-0.25, -0.2) is 4.79 Å². The van der Waals surface area contributed by atoms with E-state index in [0.29, 0.717) is 5.00 Å². The number of aromatic carboxylic acids is 1. The molecular formula is C15H15NO4S. The molecule has 6 heteroatoms. The first-order valence-corrected chi connectivity index (χ1v) is 7.63. The highest BCUT2D eigenvalue weighted by Crippen LogP contribution is 2.38. The Kier molecular flexibility index (Phi) is 3.55. The van der Waals surface area contributed by atoms with Crippen molar-refractivity contribution in [3.05, 3.63) is 39.7 Å². The van der Waals surface area contributed by atoms with Crippen LogP contribution in [0.1, 0.15) is 49.8 Å². The smallest absolute Gasteiger partial charge is 0.339 e. The number of fused-ring (bicyclic) bond motifs is 1. The molecule has 3 rings (SSSR count). The van der Waals surface area contributed by atoms with Crippen LogP contribution in [0.5, 0.6) is 0 Å². The first-order valence-electron chi connectivity index (χ1n) is 6.81. The summed E-state index contributed by atoms with van der Waals surface area (Å²) in [5.41, 5.74) is 1.85. The lowest BCUT2D eigenvalue weighted by Gasteiger charge is -2.10. The molecule has 1 aliphatic rings. The Morgan fingerprint density at radius 2 is 2.10 bits per heavy atom. The molecule has 0 spiro atoms. The zero-order valence-electron chi connectivity index (χ0n) is 11.6. The van der Waals surface area contributed by atoms with Crippen LogP contribution in [0.3, 0.4) is 0 Å². The maximum atomic E-state index is 12.2. The number of rotatable bonds is 3. The summed E-state index contributed by atoms with van der Waals surface area (Å²) in [5, 5.41) is 12.6. The zero-order chi connectivity index (χ0) is 15.0. The Hall–Kier alpha value is -2.08. The van der Waals surface area contributed by atoms with Crippen molar-refractivity contribution in [3.63, 3.8) is 0 Å². The van der Waals surface area contributed by atoms with Gasteiger partial charge in [0.15, 0.2) is 5.76 Å². The summed E-state index contributed by atoms with van der Waals surface area (Å²) < 4.78 is 5.15. The van der Waals surface area contributed by atoms with Crippen molar-refractivity contribution in [1.82, 2.24) is 0 Å². The lowest BCUT2D eigenvalue weighted by molar-refractivity contribution is 0.0697. The highest BCUT2D eigenvalue weighted by atomic mass is 32.1. The van der Waals surface area contributed by atoms with Gasteiger partial charge in [0, 0.05) is 10.4 Å². The standard InChI is InChI=1S/C15H15NO4S/c1-8-6-7-20-12(8)13(17)16-14-11(15(18)19)9-4-2-3-5-10(9)21-14/h6-7H,2-5H2,1H3,(H,16,17)(H,18,19). The third-order valence-corrected chi connectivity index (χ3v) is 4.89. The van der Waals surface area contributed by atoms with E-state index < -0.39 is 11.9 Å². The van der Waals surface area contributed by atoms with Gasteiger partial charge in [-0.05, 0) is 44.2 Å². The van der Waals surface area contributed by atoms with E-state index in [2.05, 4.69) is 5.32 Å². The van der Waals surface area contributed by atoms with Gasteiger partial charge in [0.25, 0.3) is 5.91 Å². The number of carbonyl (C=O) groups excluding carboxylic acids is 1. The predicted molar refractivity (Wildman–Crippen MR) is 79.3 cm³/mol. The monoisotopic (exact) mass is 305 g/mol. The molecule has 0 unspecified atom stereocenters. The fraction of sp³-hybridized carbons (Fsp3) is 0.333. The van der Waals surface area contributed by atoms with E-state index in [-0.39, 0.29) is 11.3 Å². The average molecular weight is 305 g/mol. The van der Waals surface area contributed by atoms with Crippen molar-refractivity contribution in [2.24, 2.45) is 0 Å². The van der Waals surface area contributed by atoms with E-state index in [1.165, 1.54) is 17.6 Å². The molecule has 0 radical (unpaired) electrons. The van der Waals surface area contributed by atoms with E-state index in [4.69, 9.17) is 4.42 Å². The van der Waals surface area contributed by atoms with Crippen molar-refractivity contribution in [2.45, 2.75) is 32.6 Å². The van der Waals surface area contributed by atoms with Crippen molar-refractivity contribution in [2.75, 3.05) is 5.32 Å². The number of nitrogens with one attached hydrogen (secondary N) is 1. The Morgan fingerprint density at radius 3 is 2.76 bits per heavy atom. The van der Waals surface area contributed by atoms with Crippen LogP contribution in [0.4, 0.5) is 5.00 Å². The molecule has 2 aromatic rings. The first kappa shape index (κ1) is 13.9. The molecule has 2 aromatic heterocycles. The maximum Gasteiger partial charge on any atom is 0.339 e. The fourth-order valence-corrected chi connectivity index (χ4v) is 3.92. The SMILES string of the molecule is Cc1ccoc1C(=O)Nc1sc2c(c1C(=O)O)CCCC2. The number of carbonyl (C=O) groups is 2. The average Bonchev–Trinajstić information content (AvgIpc) is 3.01. The van der Waals surface area contributed by atoms with Crippen LogP contribution in [0, 0.1) is 6.92 Å². The Balaban J connectivity index is 1.95. The highest BCUT2D eigenvalue weighted by molar-refractivity contribution is 7.17. The van der Waals surface area contributed by atoms with E-state index in [1.807, 2.05) is 0 Å². The molecule has 21 heavy (non-hydrogen) atoms. The molecule has 0 atom stereocenters. The van der Waals surface area contributed by atoms with E-state index >= 15 is 0 Å². The summed E-state index contributed by atoms with van der Waals surface area (Å²) in [5.74, 6) is -1.17. The molecule has 1 amide bonds. The Labute approximate surface area is 125 Å². The molecule has 110 valence electrons. The van der Waals surface area contributed by atoms with Crippen molar-refractivity contribution in [1.29, 1.82) is 0 Å². The minimum absolute atomic E-state index is 0.220. The van der Waals surface area contributed by atoms with Crippen LogP contribution in [-0.4, -0.2) is 17.0 Å². The van der Waals surface area contributed by atoms with Crippen LogP contribution in [0.25, 0.3) is 0 Å². The molecule has 5 nitrogen and oxygen atoms in total. The number of thiophene rings is 1. The van der Waals surface area contributed by atoms with Gasteiger partial charge < -0.3 is 14.8 Å². The normalized spacial score (nSPS) is 13.8. The van der Waals surface area contributed by atoms with E-state index in [0.717, 1.165) is 41.7 Å². The molecule has 0 bridgehead atoms. The van der Waals surface area contributed by atoms with E-state index in [1.54, 1.807) is 13.0 Å². The van der Waals surface area contributed by atoms with Gasteiger partial charge in [0.05, 0.1) is 11.8 Å². The minimum atomic E-state index is -0.985. The van der Waals surface area contributed by atoms with Crippen LogP contribution >= 0.6 is 11.3 Å². The third kappa shape index (κ3) is 2.47. The molecule has 0 aliphatic heterocycles. The van der Waals surface area contributed by atoms with Gasteiger partial charge >= 0.3 is 5.97 Å². The van der Waals surface area contributed by atoms with Crippen molar-refractivity contribution in [3.8, 4) is 0 Å².